The summed E-state index contributed by atoms with van der Waals surface area (Å²) in [5, 5.41) is 3.81. The Labute approximate surface area is 114 Å². The lowest BCUT2D eigenvalue weighted by Crippen LogP contribution is -2.51. The van der Waals surface area contributed by atoms with Gasteiger partial charge in [-0.2, -0.15) is 0 Å². The molecule has 0 aromatic carbocycles. The van der Waals surface area contributed by atoms with Crippen LogP contribution in [0.25, 0.3) is 0 Å². The molecule has 18 heavy (non-hydrogen) atoms. The van der Waals surface area contributed by atoms with Crippen LogP contribution < -0.4 is 5.32 Å². The highest BCUT2D eigenvalue weighted by atomic mass is 15.2. The molecule has 108 valence electrons. The van der Waals surface area contributed by atoms with Crippen LogP contribution in [-0.4, -0.2) is 61.2 Å². The average molecular weight is 255 g/mol. The fourth-order valence-electron chi connectivity index (χ4n) is 3.16. The van der Waals surface area contributed by atoms with Gasteiger partial charge in [0.15, 0.2) is 0 Å². The van der Waals surface area contributed by atoms with Gasteiger partial charge < -0.3 is 15.1 Å². The average Bonchev–Trinajstić information content (AvgIpc) is 2.29. The largest absolute Gasteiger partial charge is 0.308 e. The van der Waals surface area contributed by atoms with Crippen LogP contribution in [0, 0.1) is 0 Å². The third-order valence-corrected chi connectivity index (χ3v) is 4.05. The van der Waals surface area contributed by atoms with Crippen LogP contribution in [0.15, 0.2) is 0 Å². The van der Waals surface area contributed by atoms with Crippen LogP contribution in [0.4, 0.5) is 0 Å². The van der Waals surface area contributed by atoms with Crippen LogP contribution in [-0.2, 0) is 0 Å². The van der Waals surface area contributed by atoms with Gasteiger partial charge in [-0.05, 0) is 68.1 Å². The second-order valence-corrected chi connectivity index (χ2v) is 7.57. The van der Waals surface area contributed by atoms with Crippen LogP contribution in [0.5, 0.6) is 0 Å². The van der Waals surface area contributed by atoms with E-state index >= 15 is 0 Å². The van der Waals surface area contributed by atoms with Gasteiger partial charge in [-0.1, -0.05) is 0 Å². The van der Waals surface area contributed by atoms with Crippen molar-refractivity contribution in [2.24, 2.45) is 0 Å². The molecule has 0 aliphatic carbocycles. The van der Waals surface area contributed by atoms with Gasteiger partial charge in [-0.3, -0.25) is 0 Å². The summed E-state index contributed by atoms with van der Waals surface area (Å²) >= 11 is 0. The summed E-state index contributed by atoms with van der Waals surface area (Å²) < 4.78 is 0. The maximum atomic E-state index is 3.81. The van der Waals surface area contributed by atoms with E-state index in [1.165, 1.54) is 19.3 Å². The zero-order valence-electron chi connectivity index (χ0n) is 13.5. The topological polar surface area (TPSA) is 18.5 Å². The second kappa shape index (κ2) is 5.89. The SMILES string of the molecule is CN(C)CCN(C)C1CCC(C)(C)NC(C)(C)C1. The van der Waals surface area contributed by atoms with E-state index in [4.69, 9.17) is 0 Å². The van der Waals surface area contributed by atoms with Crippen molar-refractivity contribution < 1.29 is 0 Å². The smallest absolute Gasteiger partial charge is 0.0144 e. The summed E-state index contributed by atoms with van der Waals surface area (Å²) in [4.78, 5) is 4.81. The Morgan fingerprint density at radius 1 is 1.00 bits per heavy atom. The summed E-state index contributed by atoms with van der Waals surface area (Å²) in [5.41, 5.74) is 0.498. The number of likely N-dealkylation sites (N-methyl/N-ethyl adjacent to an activating group) is 2. The van der Waals surface area contributed by atoms with Crippen molar-refractivity contribution in [1.82, 2.24) is 15.1 Å². The summed E-state index contributed by atoms with van der Waals surface area (Å²) in [5.74, 6) is 0. The highest BCUT2D eigenvalue weighted by molar-refractivity contribution is 4.96. The third kappa shape index (κ3) is 5.25. The van der Waals surface area contributed by atoms with Crippen molar-refractivity contribution in [1.29, 1.82) is 0 Å². The van der Waals surface area contributed by atoms with E-state index in [0.29, 0.717) is 6.04 Å². The standard InChI is InChI=1S/C15H33N3/c1-14(2)9-8-13(12-15(3,4)16-14)18(7)11-10-17(5)6/h13,16H,8-12H2,1-7H3. The Bertz CT molecular complexity index is 258. The number of rotatable bonds is 4. The molecule has 1 unspecified atom stereocenters. The molecule has 3 nitrogen and oxygen atoms in total. The molecule has 0 aromatic heterocycles. The molecule has 0 bridgehead atoms. The summed E-state index contributed by atoms with van der Waals surface area (Å²) in [7, 11) is 6.58. The summed E-state index contributed by atoms with van der Waals surface area (Å²) in [6.07, 6.45) is 3.79. The molecule has 0 radical (unpaired) electrons. The molecule has 1 fully saturated rings. The first-order chi connectivity index (χ1) is 8.11. The van der Waals surface area contributed by atoms with Crippen molar-refractivity contribution in [3.63, 3.8) is 0 Å². The number of nitrogens with zero attached hydrogens (tertiary/aromatic N) is 2. The van der Waals surface area contributed by atoms with Gasteiger partial charge in [0.05, 0.1) is 0 Å². The fraction of sp³-hybridized carbons (Fsp3) is 1.00. The van der Waals surface area contributed by atoms with Crippen molar-refractivity contribution >= 4 is 0 Å². The molecule has 0 aromatic rings. The number of hydrogen-bond acceptors (Lipinski definition) is 3. The van der Waals surface area contributed by atoms with E-state index in [2.05, 4.69) is 64.0 Å². The molecule has 3 heteroatoms. The highest BCUT2D eigenvalue weighted by Crippen LogP contribution is 2.29. The first kappa shape index (κ1) is 15.9. The quantitative estimate of drug-likeness (QED) is 0.831. The lowest BCUT2D eigenvalue weighted by atomic mass is 9.94. The maximum Gasteiger partial charge on any atom is 0.0144 e. The van der Waals surface area contributed by atoms with Crippen molar-refractivity contribution in [2.45, 2.75) is 64.1 Å². The molecule has 1 aliphatic heterocycles. The van der Waals surface area contributed by atoms with E-state index in [1.807, 2.05) is 0 Å². The lowest BCUT2D eigenvalue weighted by molar-refractivity contribution is 0.178. The monoisotopic (exact) mass is 255 g/mol. The van der Waals surface area contributed by atoms with Crippen LogP contribution in [0.2, 0.25) is 0 Å². The van der Waals surface area contributed by atoms with E-state index < -0.39 is 0 Å². The van der Waals surface area contributed by atoms with Gasteiger partial charge in [-0.25, -0.2) is 0 Å². The Morgan fingerprint density at radius 2 is 1.61 bits per heavy atom. The second-order valence-electron chi connectivity index (χ2n) is 7.57. The van der Waals surface area contributed by atoms with Crippen molar-refractivity contribution in [2.75, 3.05) is 34.2 Å². The molecule has 1 aliphatic rings. The van der Waals surface area contributed by atoms with E-state index in [0.717, 1.165) is 13.1 Å². The van der Waals surface area contributed by atoms with Gasteiger partial charge in [0.2, 0.25) is 0 Å². The highest BCUT2D eigenvalue weighted by Gasteiger charge is 2.35. The predicted molar refractivity (Wildman–Crippen MR) is 80.1 cm³/mol. The molecule has 1 saturated heterocycles. The first-order valence-electron chi connectivity index (χ1n) is 7.26. The van der Waals surface area contributed by atoms with Crippen LogP contribution in [0.3, 0.4) is 0 Å². The minimum atomic E-state index is 0.233. The summed E-state index contributed by atoms with van der Waals surface area (Å²) in [6, 6.07) is 0.703. The molecule has 0 spiro atoms. The van der Waals surface area contributed by atoms with Gasteiger partial charge in [0.1, 0.15) is 0 Å². The lowest BCUT2D eigenvalue weighted by Gasteiger charge is -2.36. The Kier molecular flexibility index (Phi) is 5.22. The minimum absolute atomic E-state index is 0.233. The molecule has 0 saturated carbocycles. The minimum Gasteiger partial charge on any atom is -0.308 e. The summed E-state index contributed by atoms with van der Waals surface area (Å²) in [6.45, 7) is 11.6. The van der Waals surface area contributed by atoms with Crippen LogP contribution in [0.1, 0.15) is 47.0 Å². The van der Waals surface area contributed by atoms with Crippen molar-refractivity contribution in [3.8, 4) is 0 Å². The van der Waals surface area contributed by atoms with Gasteiger partial charge in [-0.15, -0.1) is 0 Å². The zero-order chi connectivity index (χ0) is 14.0. The van der Waals surface area contributed by atoms with Gasteiger partial charge in [0.25, 0.3) is 0 Å². The number of nitrogens with one attached hydrogen (secondary N) is 1. The molecule has 1 rings (SSSR count). The molecule has 1 heterocycles. The Morgan fingerprint density at radius 3 is 2.17 bits per heavy atom. The molecule has 0 amide bonds. The zero-order valence-corrected chi connectivity index (χ0v) is 13.5. The number of hydrogen-bond donors (Lipinski definition) is 1. The Balaban J connectivity index is 2.61. The molecular formula is C15H33N3. The Hall–Kier alpha value is -0.120. The van der Waals surface area contributed by atoms with Crippen molar-refractivity contribution in [3.05, 3.63) is 0 Å². The maximum absolute atomic E-state index is 3.81. The van der Waals surface area contributed by atoms with Crippen LogP contribution >= 0.6 is 0 Å². The first-order valence-corrected chi connectivity index (χ1v) is 7.26. The van der Waals surface area contributed by atoms with E-state index in [9.17, 15) is 0 Å². The molecular weight excluding hydrogens is 222 g/mol. The predicted octanol–water partition coefficient (Wildman–Crippen LogP) is 2.18. The fourth-order valence-corrected chi connectivity index (χ4v) is 3.16. The van der Waals surface area contributed by atoms with E-state index in [-0.39, 0.29) is 11.1 Å². The van der Waals surface area contributed by atoms with Gasteiger partial charge in [0, 0.05) is 30.2 Å². The molecule has 1 N–H and O–H groups in total. The van der Waals surface area contributed by atoms with E-state index in [1.54, 1.807) is 0 Å². The normalized spacial score (nSPS) is 27.5. The molecule has 1 atom stereocenters. The third-order valence-electron chi connectivity index (χ3n) is 4.05. The van der Waals surface area contributed by atoms with Gasteiger partial charge >= 0.3 is 0 Å².